The van der Waals surface area contributed by atoms with Gasteiger partial charge in [0.2, 0.25) is 11.8 Å². The lowest BCUT2D eigenvalue weighted by Gasteiger charge is -2.15. The molecule has 0 bridgehead atoms. The zero-order valence-electron chi connectivity index (χ0n) is 11.1. The molecule has 0 saturated carbocycles. The lowest BCUT2D eigenvalue weighted by Crippen LogP contribution is -2.39. The van der Waals surface area contributed by atoms with E-state index in [2.05, 4.69) is 10.1 Å². The van der Waals surface area contributed by atoms with Gasteiger partial charge in [0.1, 0.15) is 11.5 Å². The number of nitrogens with two attached hydrogens (primary N) is 2. The van der Waals surface area contributed by atoms with Crippen molar-refractivity contribution in [3.8, 4) is 11.5 Å². The number of ether oxygens (including phenoxy) is 2. The van der Waals surface area contributed by atoms with E-state index in [0.717, 1.165) is 0 Å². The summed E-state index contributed by atoms with van der Waals surface area (Å²) in [7, 11) is 1.37. The van der Waals surface area contributed by atoms with E-state index in [-0.39, 0.29) is 17.9 Å². The summed E-state index contributed by atoms with van der Waals surface area (Å²) < 4.78 is 33.8. The Kier molecular flexibility index (Phi) is 5.85. The third-order valence-corrected chi connectivity index (χ3v) is 2.42. The van der Waals surface area contributed by atoms with Gasteiger partial charge in [-0.3, -0.25) is 9.59 Å². The number of benzene rings is 1. The molecule has 5 N–H and O–H groups in total. The average Bonchev–Trinajstić information content (AvgIpc) is 2.39. The van der Waals surface area contributed by atoms with E-state index in [1.807, 2.05) is 0 Å². The van der Waals surface area contributed by atoms with Crippen LogP contribution in [0.15, 0.2) is 18.2 Å². The van der Waals surface area contributed by atoms with Crippen LogP contribution in [-0.2, 0) is 9.59 Å². The number of nitrogens with one attached hydrogen (secondary N) is 1. The Morgan fingerprint density at radius 2 is 2.05 bits per heavy atom. The Labute approximate surface area is 119 Å². The number of primary amides is 1. The minimum absolute atomic E-state index is 0.0560. The highest BCUT2D eigenvalue weighted by Crippen LogP contribution is 2.30. The Morgan fingerprint density at radius 3 is 2.57 bits per heavy atom. The Bertz CT molecular complexity index is 525. The van der Waals surface area contributed by atoms with Crippen molar-refractivity contribution in [1.82, 2.24) is 0 Å². The molecule has 0 aliphatic carbocycles. The molecule has 7 nitrogen and oxygen atoms in total. The second kappa shape index (κ2) is 7.39. The van der Waals surface area contributed by atoms with Gasteiger partial charge in [0.15, 0.2) is 0 Å². The molecule has 116 valence electrons. The Balaban J connectivity index is 2.93. The first-order chi connectivity index (χ1) is 9.83. The van der Waals surface area contributed by atoms with Crippen molar-refractivity contribution in [2.45, 2.75) is 19.1 Å². The van der Waals surface area contributed by atoms with Gasteiger partial charge in [-0.1, -0.05) is 0 Å². The van der Waals surface area contributed by atoms with E-state index >= 15 is 0 Å². The summed E-state index contributed by atoms with van der Waals surface area (Å²) in [5.74, 6) is -1.46. The summed E-state index contributed by atoms with van der Waals surface area (Å²) in [5, 5.41) is 2.29. The van der Waals surface area contributed by atoms with Crippen LogP contribution in [-0.4, -0.2) is 31.6 Å². The molecule has 0 heterocycles. The molecule has 9 heteroatoms. The topological polar surface area (TPSA) is 117 Å². The summed E-state index contributed by atoms with van der Waals surface area (Å²) in [6, 6.07) is 2.68. The lowest BCUT2D eigenvalue weighted by molar-refractivity contribution is -0.123. The van der Waals surface area contributed by atoms with Gasteiger partial charge in [-0.2, -0.15) is 8.78 Å². The van der Waals surface area contributed by atoms with E-state index in [0.29, 0.717) is 5.75 Å². The van der Waals surface area contributed by atoms with Crippen molar-refractivity contribution in [1.29, 1.82) is 0 Å². The fraction of sp³-hybridized carbons (Fsp3) is 0.333. The first-order valence-electron chi connectivity index (χ1n) is 5.81. The number of hydrogen-bond donors (Lipinski definition) is 3. The predicted molar refractivity (Wildman–Crippen MR) is 70.0 cm³/mol. The molecule has 0 aromatic heterocycles. The van der Waals surface area contributed by atoms with Crippen LogP contribution < -0.4 is 26.3 Å². The molecule has 0 aliphatic rings. The molecular formula is C12H15F2N3O4. The van der Waals surface area contributed by atoms with Crippen LogP contribution in [0, 0.1) is 0 Å². The summed E-state index contributed by atoms with van der Waals surface area (Å²) >= 11 is 0. The van der Waals surface area contributed by atoms with E-state index in [1.54, 1.807) is 0 Å². The molecule has 1 aromatic rings. The molecule has 0 aliphatic heterocycles. The highest BCUT2D eigenvalue weighted by molar-refractivity contribution is 5.98. The smallest absolute Gasteiger partial charge is 0.387 e. The van der Waals surface area contributed by atoms with Crippen molar-refractivity contribution in [3.05, 3.63) is 18.2 Å². The van der Waals surface area contributed by atoms with Gasteiger partial charge < -0.3 is 26.3 Å². The number of carbonyl (C=O) groups excluding carboxylic acids is 2. The highest BCUT2D eigenvalue weighted by Gasteiger charge is 2.19. The molecule has 1 atom stereocenters. The van der Waals surface area contributed by atoms with Gasteiger partial charge in [0, 0.05) is 6.07 Å². The monoisotopic (exact) mass is 303 g/mol. The van der Waals surface area contributed by atoms with Crippen molar-refractivity contribution in [2.24, 2.45) is 11.5 Å². The average molecular weight is 303 g/mol. The van der Waals surface area contributed by atoms with Gasteiger partial charge >= 0.3 is 6.61 Å². The van der Waals surface area contributed by atoms with Gasteiger partial charge in [-0.15, -0.1) is 0 Å². The molecule has 2 amide bonds. The maximum atomic E-state index is 12.3. The molecule has 0 fully saturated rings. The standard InChI is InChI=1S/C12H15F2N3O4/c1-20-6-2-3-9(21-12(13)14)8(4-6)17-11(19)7(15)5-10(16)18/h2-4,7,12H,5,15H2,1H3,(H2,16,18)(H,17,19). The Morgan fingerprint density at radius 1 is 1.38 bits per heavy atom. The van der Waals surface area contributed by atoms with Crippen molar-refractivity contribution < 1.29 is 27.8 Å². The number of halogens is 2. The molecular weight excluding hydrogens is 288 g/mol. The normalized spacial score (nSPS) is 11.9. The number of anilines is 1. The predicted octanol–water partition coefficient (Wildman–Crippen LogP) is 0.438. The van der Waals surface area contributed by atoms with Crippen LogP contribution in [0.2, 0.25) is 0 Å². The second-order valence-corrected chi connectivity index (χ2v) is 4.01. The van der Waals surface area contributed by atoms with Crippen LogP contribution in [0.4, 0.5) is 14.5 Å². The maximum Gasteiger partial charge on any atom is 0.387 e. The van der Waals surface area contributed by atoms with Crippen molar-refractivity contribution >= 4 is 17.5 Å². The first-order valence-corrected chi connectivity index (χ1v) is 5.81. The van der Waals surface area contributed by atoms with Gasteiger partial charge in [0.25, 0.3) is 0 Å². The fourth-order valence-electron chi connectivity index (χ4n) is 1.47. The summed E-state index contributed by atoms with van der Waals surface area (Å²) in [6.45, 7) is -3.06. The molecule has 1 rings (SSSR count). The fourth-order valence-corrected chi connectivity index (χ4v) is 1.47. The minimum atomic E-state index is -3.06. The number of carbonyl (C=O) groups is 2. The molecule has 1 unspecified atom stereocenters. The highest BCUT2D eigenvalue weighted by atomic mass is 19.3. The minimum Gasteiger partial charge on any atom is -0.497 e. The van der Waals surface area contributed by atoms with E-state index < -0.39 is 24.5 Å². The van der Waals surface area contributed by atoms with Crippen LogP contribution >= 0.6 is 0 Å². The third-order valence-electron chi connectivity index (χ3n) is 2.42. The zero-order valence-corrected chi connectivity index (χ0v) is 11.1. The van der Waals surface area contributed by atoms with Crippen molar-refractivity contribution in [2.75, 3.05) is 12.4 Å². The largest absolute Gasteiger partial charge is 0.497 e. The van der Waals surface area contributed by atoms with E-state index in [9.17, 15) is 18.4 Å². The van der Waals surface area contributed by atoms with E-state index in [4.69, 9.17) is 16.2 Å². The van der Waals surface area contributed by atoms with Gasteiger partial charge in [-0.25, -0.2) is 0 Å². The first kappa shape index (κ1) is 16.6. The molecule has 21 heavy (non-hydrogen) atoms. The SMILES string of the molecule is COc1ccc(OC(F)F)c(NC(=O)C(N)CC(N)=O)c1. The lowest BCUT2D eigenvalue weighted by atomic mass is 10.2. The summed E-state index contributed by atoms with van der Waals surface area (Å²) in [6.07, 6.45) is -0.374. The van der Waals surface area contributed by atoms with Crippen LogP contribution in [0.3, 0.4) is 0 Å². The molecule has 0 saturated heterocycles. The number of rotatable bonds is 7. The third kappa shape index (κ3) is 5.22. The quantitative estimate of drug-likeness (QED) is 0.675. The summed E-state index contributed by atoms with van der Waals surface area (Å²) in [4.78, 5) is 22.5. The Hall–Kier alpha value is -2.42. The van der Waals surface area contributed by atoms with E-state index in [1.165, 1.54) is 25.3 Å². The number of alkyl halides is 2. The van der Waals surface area contributed by atoms with Crippen LogP contribution in [0.5, 0.6) is 11.5 Å². The maximum absolute atomic E-state index is 12.3. The van der Waals surface area contributed by atoms with Crippen LogP contribution in [0.1, 0.15) is 6.42 Å². The molecule has 0 radical (unpaired) electrons. The molecule has 0 spiro atoms. The van der Waals surface area contributed by atoms with Gasteiger partial charge in [-0.05, 0) is 12.1 Å². The molecule has 1 aromatic carbocycles. The number of amides is 2. The van der Waals surface area contributed by atoms with Crippen LogP contribution in [0.25, 0.3) is 0 Å². The van der Waals surface area contributed by atoms with Gasteiger partial charge in [0.05, 0.1) is 25.3 Å². The second-order valence-electron chi connectivity index (χ2n) is 4.01. The number of methoxy groups -OCH3 is 1. The van der Waals surface area contributed by atoms with Crippen molar-refractivity contribution in [3.63, 3.8) is 0 Å². The summed E-state index contributed by atoms with van der Waals surface area (Å²) in [5.41, 5.74) is 10.3. The number of hydrogen-bond acceptors (Lipinski definition) is 5. The zero-order chi connectivity index (χ0) is 16.0.